The average Bonchev–Trinajstić information content (AvgIpc) is 2.99. The van der Waals surface area contributed by atoms with Gasteiger partial charge in [0.25, 0.3) is 0 Å². The van der Waals surface area contributed by atoms with Crippen LogP contribution in [0.5, 0.6) is 5.75 Å². The average molecular weight is 301 g/mol. The molecule has 0 aliphatic carbocycles. The van der Waals surface area contributed by atoms with Crippen LogP contribution in [0, 0.1) is 0 Å². The van der Waals surface area contributed by atoms with Gasteiger partial charge in [-0.2, -0.15) is 0 Å². The van der Waals surface area contributed by atoms with Crippen LogP contribution in [0.2, 0.25) is 5.02 Å². The standard InChI is InChI=1S/C15H13ClN4O/c1-21-14-8-13(17)12(16)7-11(14)15-19-18-9-20(15)10-5-3-2-4-6-10/h2-9H,17H2,1H3. The van der Waals surface area contributed by atoms with Gasteiger partial charge in [0.15, 0.2) is 5.82 Å². The van der Waals surface area contributed by atoms with Gasteiger partial charge in [-0.25, -0.2) is 0 Å². The van der Waals surface area contributed by atoms with Crippen LogP contribution in [-0.4, -0.2) is 21.9 Å². The van der Waals surface area contributed by atoms with Gasteiger partial charge in [0.2, 0.25) is 0 Å². The van der Waals surface area contributed by atoms with E-state index in [4.69, 9.17) is 22.1 Å². The second kappa shape index (κ2) is 5.46. The molecule has 0 saturated carbocycles. The second-order valence-electron chi connectivity index (χ2n) is 4.43. The van der Waals surface area contributed by atoms with Crippen LogP contribution >= 0.6 is 11.6 Å². The fraction of sp³-hybridized carbons (Fsp3) is 0.0667. The molecule has 0 radical (unpaired) electrons. The Bertz CT molecular complexity index is 771. The molecule has 0 saturated heterocycles. The zero-order chi connectivity index (χ0) is 14.8. The topological polar surface area (TPSA) is 66.0 Å². The van der Waals surface area contributed by atoms with Gasteiger partial charge in [0, 0.05) is 11.8 Å². The highest BCUT2D eigenvalue weighted by Gasteiger charge is 2.16. The van der Waals surface area contributed by atoms with Crippen molar-refractivity contribution in [3.63, 3.8) is 0 Å². The number of nitrogens with zero attached hydrogens (tertiary/aromatic N) is 3. The fourth-order valence-corrected chi connectivity index (χ4v) is 2.27. The fourth-order valence-electron chi connectivity index (χ4n) is 2.11. The molecule has 106 valence electrons. The van der Waals surface area contributed by atoms with E-state index in [1.165, 1.54) is 0 Å². The number of hydrogen-bond acceptors (Lipinski definition) is 4. The quantitative estimate of drug-likeness (QED) is 0.754. The van der Waals surface area contributed by atoms with Gasteiger partial charge in [-0.1, -0.05) is 29.8 Å². The largest absolute Gasteiger partial charge is 0.496 e. The zero-order valence-electron chi connectivity index (χ0n) is 11.3. The summed E-state index contributed by atoms with van der Waals surface area (Å²) < 4.78 is 7.24. The molecule has 2 aromatic carbocycles. The Labute approximate surface area is 126 Å². The normalized spacial score (nSPS) is 10.6. The lowest BCUT2D eigenvalue weighted by Crippen LogP contribution is -1.99. The zero-order valence-corrected chi connectivity index (χ0v) is 12.1. The van der Waals surface area contributed by atoms with E-state index < -0.39 is 0 Å². The van der Waals surface area contributed by atoms with Crippen LogP contribution in [0.4, 0.5) is 5.69 Å². The summed E-state index contributed by atoms with van der Waals surface area (Å²) in [4.78, 5) is 0. The molecule has 0 unspecified atom stereocenters. The summed E-state index contributed by atoms with van der Waals surface area (Å²) in [5.41, 5.74) is 7.96. The summed E-state index contributed by atoms with van der Waals surface area (Å²) in [5.74, 6) is 1.24. The van der Waals surface area contributed by atoms with E-state index in [9.17, 15) is 0 Å². The molecule has 1 aromatic heterocycles. The van der Waals surface area contributed by atoms with Gasteiger partial charge >= 0.3 is 0 Å². The van der Waals surface area contributed by atoms with Gasteiger partial charge in [-0.3, -0.25) is 4.57 Å². The summed E-state index contributed by atoms with van der Waals surface area (Å²) in [6, 6.07) is 13.2. The predicted molar refractivity (Wildman–Crippen MR) is 82.8 cm³/mol. The van der Waals surface area contributed by atoms with E-state index >= 15 is 0 Å². The van der Waals surface area contributed by atoms with Crippen molar-refractivity contribution < 1.29 is 4.74 Å². The van der Waals surface area contributed by atoms with Crippen molar-refractivity contribution in [3.8, 4) is 22.8 Å². The highest BCUT2D eigenvalue weighted by atomic mass is 35.5. The van der Waals surface area contributed by atoms with Crippen molar-refractivity contribution in [2.45, 2.75) is 0 Å². The molecule has 0 aliphatic rings. The first kappa shape index (κ1) is 13.5. The van der Waals surface area contributed by atoms with E-state index in [2.05, 4.69) is 10.2 Å². The van der Waals surface area contributed by atoms with Crippen molar-refractivity contribution in [1.82, 2.24) is 14.8 Å². The SMILES string of the molecule is COc1cc(N)c(Cl)cc1-c1nncn1-c1ccccc1. The van der Waals surface area contributed by atoms with E-state index in [1.807, 2.05) is 34.9 Å². The molecular formula is C15H13ClN4O. The number of halogens is 1. The lowest BCUT2D eigenvalue weighted by Gasteiger charge is -2.12. The van der Waals surface area contributed by atoms with Gasteiger partial charge in [-0.05, 0) is 18.2 Å². The molecule has 0 amide bonds. The molecular weight excluding hydrogens is 288 g/mol. The first-order chi connectivity index (χ1) is 10.2. The van der Waals surface area contributed by atoms with Crippen LogP contribution in [0.1, 0.15) is 0 Å². The van der Waals surface area contributed by atoms with Crippen LogP contribution in [0.15, 0.2) is 48.8 Å². The Hall–Kier alpha value is -2.53. The molecule has 0 fully saturated rings. The number of nitrogen functional groups attached to an aromatic ring is 1. The van der Waals surface area contributed by atoms with Gasteiger partial charge < -0.3 is 10.5 Å². The van der Waals surface area contributed by atoms with E-state index in [1.54, 1.807) is 25.6 Å². The molecule has 1 heterocycles. The number of anilines is 1. The van der Waals surface area contributed by atoms with Gasteiger partial charge in [0.05, 0.1) is 23.4 Å². The third-order valence-corrected chi connectivity index (χ3v) is 3.47. The van der Waals surface area contributed by atoms with E-state index in [0.29, 0.717) is 22.3 Å². The Balaban J connectivity index is 2.19. The molecule has 0 spiro atoms. The highest BCUT2D eigenvalue weighted by molar-refractivity contribution is 6.33. The van der Waals surface area contributed by atoms with Crippen LogP contribution in [-0.2, 0) is 0 Å². The summed E-state index contributed by atoms with van der Waals surface area (Å²) in [7, 11) is 1.58. The van der Waals surface area contributed by atoms with Crippen molar-refractivity contribution in [3.05, 3.63) is 53.8 Å². The lowest BCUT2D eigenvalue weighted by molar-refractivity contribution is 0.416. The molecule has 0 atom stereocenters. The van der Waals surface area contributed by atoms with Crippen LogP contribution in [0.25, 0.3) is 17.1 Å². The van der Waals surface area contributed by atoms with Gasteiger partial charge in [0.1, 0.15) is 12.1 Å². The monoisotopic (exact) mass is 300 g/mol. The number of ether oxygens (including phenoxy) is 1. The second-order valence-corrected chi connectivity index (χ2v) is 4.84. The third-order valence-electron chi connectivity index (χ3n) is 3.14. The van der Waals surface area contributed by atoms with Crippen molar-refractivity contribution >= 4 is 17.3 Å². The number of benzene rings is 2. The Morgan fingerprint density at radius 3 is 2.67 bits per heavy atom. The minimum absolute atomic E-state index is 0.452. The van der Waals surface area contributed by atoms with Crippen LogP contribution in [0.3, 0.4) is 0 Å². The molecule has 3 rings (SSSR count). The molecule has 2 N–H and O–H groups in total. The van der Waals surface area contributed by atoms with Crippen LogP contribution < -0.4 is 10.5 Å². The Kier molecular flexibility index (Phi) is 3.50. The highest BCUT2D eigenvalue weighted by Crippen LogP contribution is 2.35. The van der Waals surface area contributed by atoms with Crippen molar-refractivity contribution in [2.24, 2.45) is 0 Å². The third kappa shape index (κ3) is 2.43. The smallest absolute Gasteiger partial charge is 0.172 e. The maximum atomic E-state index is 6.12. The molecule has 5 nitrogen and oxygen atoms in total. The molecule has 21 heavy (non-hydrogen) atoms. The summed E-state index contributed by atoms with van der Waals surface area (Å²) in [5, 5.41) is 8.61. The first-order valence-electron chi connectivity index (χ1n) is 6.29. The first-order valence-corrected chi connectivity index (χ1v) is 6.67. The number of nitrogens with two attached hydrogens (primary N) is 1. The van der Waals surface area contributed by atoms with E-state index in [-0.39, 0.29) is 0 Å². The summed E-state index contributed by atoms with van der Waals surface area (Å²) in [6.07, 6.45) is 1.65. The molecule has 3 aromatic rings. The van der Waals surface area contributed by atoms with Crippen molar-refractivity contribution in [2.75, 3.05) is 12.8 Å². The number of para-hydroxylation sites is 1. The summed E-state index contributed by atoms with van der Waals surface area (Å²) >= 11 is 6.12. The molecule has 6 heteroatoms. The maximum Gasteiger partial charge on any atom is 0.172 e. The van der Waals surface area contributed by atoms with Gasteiger partial charge in [-0.15, -0.1) is 10.2 Å². The summed E-state index contributed by atoms with van der Waals surface area (Å²) in [6.45, 7) is 0. The number of rotatable bonds is 3. The van der Waals surface area contributed by atoms with Crippen molar-refractivity contribution in [1.29, 1.82) is 0 Å². The predicted octanol–water partition coefficient (Wildman–Crippen LogP) is 3.18. The number of hydrogen-bond donors (Lipinski definition) is 1. The maximum absolute atomic E-state index is 6.12. The minimum Gasteiger partial charge on any atom is -0.496 e. The number of methoxy groups -OCH3 is 1. The minimum atomic E-state index is 0.452. The Morgan fingerprint density at radius 2 is 1.95 bits per heavy atom. The Morgan fingerprint density at radius 1 is 1.19 bits per heavy atom. The number of aromatic nitrogens is 3. The lowest BCUT2D eigenvalue weighted by atomic mass is 10.1. The van der Waals surface area contributed by atoms with E-state index in [0.717, 1.165) is 11.3 Å². The molecule has 0 bridgehead atoms. The molecule has 0 aliphatic heterocycles.